The molecule has 1 saturated carbocycles. The first-order valence-electron chi connectivity index (χ1n) is 8.15. The maximum atomic E-state index is 3.78. The molecule has 1 aliphatic rings. The third-order valence-corrected chi connectivity index (χ3v) is 5.65. The van der Waals surface area contributed by atoms with Crippen LogP contribution in [0.1, 0.15) is 74.6 Å². The Balaban J connectivity index is 1.97. The van der Waals surface area contributed by atoms with Crippen LogP contribution >= 0.6 is 11.3 Å². The molecule has 19 heavy (non-hydrogen) atoms. The first-order valence-corrected chi connectivity index (χ1v) is 8.97. The van der Waals surface area contributed by atoms with Crippen molar-refractivity contribution in [2.45, 2.75) is 71.3 Å². The second kappa shape index (κ2) is 8.06. The van der Waals surface area contributed by atoms with E-state index >= 15 is 0 Å². The Hall–Kier alpha value is -0.340. The fraction of sp³-hybridized carbons (Fsp3) is 0.765. The van der Waals surface area contributed by atoms with Gasteiger partial charge in [0.25, 0.3) is 0 Å². The highest BCUT2D eigenvalue weighted by Gasteiger charge is 2.20. The molecule has 0 aromatic carbocycles. The molecule has 0 spiro atoms. The predicted molar refractivity (Wildman–Crippen MR) is 85.9 cm³/mol. The molecule has 1 heterocycles. The number of thiophene rings is 1. The minimum atomic E-state index is 0.605. The van der Waals surface area contributed by atoms with Gasteiger partial charge < -0.3 is 5.32 Å². The van der Waals surface area contributed by atoms with Gasteiger partial charge in [-0.25, -0.2) is 0 Å². The van der Waals surface area contributed by atoms with E-state index in [1.807, 2.05) is 11.3 Å². The lowest BCUT2D eigenvalue weighted by Crippen LogP contribution is -2.24. The summed E-state index contributed by atoms with van der Waals surface area (Å²) in [6.07, 6.45) is 11.0. The minimum Gasteiger partial charge on any atom is -0.309 e. The van der Waals surface area contributed by atoms with Crippen LogP contribution in [0, 0.1) is 5.92 Å². The fourth-order valence-electron chi connectivity index (χ4n) is 3.15. The van der Waals surface area contributed by atoms with Crippen molar-refractivity contribution in [3.8, 4) is 0 Å². The largest absolute Gasteiger partial charge is 0.309 e. The van der Waals surface area contributed by atoms with Gasteiger partial charge in [-0.2, -0.15) is 0 Å². The van der Waals surface area contributed by atoms with Crippen molar-refractivity contribution in [1.29, 1.82) is 0 Å². The van der Waals surface area contributed by atoms with Crippen LogP contribution in [0.15, 0.2) is 12.1 Å². The lowest BCUT2D eigenvalue weighted by molar-refractivity contribution is 0.301. The van der Waals surface area contributed by atoms with Gasteiger partial charge in [0.2, 0.25) is 0 Å². The summed E-state index contributed by atoms with van der Waals surface area (Å²) in [5, 5.41) is 3.78. The number of rotatable bonds is 7. The van der Waals surface area contributed by atoms with Crippen LogP contribution in [0.4, 0.5) is 0 Å². The van der Waals surface area contributed by atoms with Crippen LogP contribution in [0.25, 0.3) is 0 Å². The van der Waals surface area contributed by atoms with E-state index in [1.54, 1.807) is 4.88 Å². The van der Waals surface area contributed by atoms with Gasteiger partial charge in [0.15, 0.2) is 0 Å². The molecule has 1 unspecified atom stereocenters. The summed E-state index contributed by atoms with van der Waals surface area (Å²) in [5.41, 5.74) is 0. The SMILES string of the molecule is CCCNC(CC1CCCCC1)c1ccc(CC)s1. The van der Waals surface area contributed by atoms with Crippen LogP contribution in [0.2, 0.25) is 0 Å². The van der Waals surface area contributed by atoms with Gasteiger partial charge in [-0.1, -0.05) is 46.0 Å². The second-order valence-corrected chi connectivity index (χ2v) is 7.10. The number of nitrogens with one attached hydrogen (secondary N) is 1. The van der Waals surface area contributed by atoms with E-state index in [0.717, 1.165) is 12.5 Å². The Morgan fingerprint density at radius 3 is 2.63 bits per heavy atom. The Morgan fingerprint density at radius 1 is 1.21 bits per heavy atom. The normalized spacial score (nSPS) is 18.6. The van der Waals surface area contributed by atoms with Gasteiger partial charge in [-0.05, 0) is 43.9 Å². The van der Waals surface area contributed by atoms with Crippen molar-refractivity contribution >= 4 is 11.3 Å². The van der Waals surface area contributed by atoms with Crippen molar-refractivity contribution in [1.82, 2.24) is 5.32 Å². The molecule has 1 fully saturated rings. The van der Waals surface area contributed by atoms with Gasteiger partial charge in [-0.15, -0.1) is 11.3 Å². The molecule has 1 N–H and O–H groups in total. The zero-order valence-electron chi connectivity index (χ0n) is 12.6. The topological polar surface area (TPSA) is 12.0 Å². The third kappa shape index (κ3) is 4.61. The maximum Gasteiger partial charge on any atom is 0.0417 e. The average molecular weight is 279 g/mol. The van der Waals surface area contributed by atoms with Crippen LogP contribution < -0.4 is 5.32 Å². The van der Waals surface area contributed by atoms with Crippen molar-refractivity contribution in [3.05, 3.63) is 21.9 Å². The molecule has 0 saturated heterocycles. The smallest absolute Gasteiger partial charge is 0.0417 e. The Labute approximate surface area is 122 Å². The summed E-state index contributed by atoms with van der Waals surface area (Å²) < 4.78 is 0. The van der Waals surface area contributed by atoms with E-state index in [1.165, 1.54) is 56.2 Å². The van der Waals surface area contributed by atoms with Crippen LogP contribution in [-0.2, 0) is 6.42 Å². The number of aryl methyl sites for hydroxylation is 1. The quantitative estimate of drug-likeness (QED) is 0.712. The fourth-order valence-corrected chi connectivity index (χ4v) is 4.19. The van der Waals surface area contributed by atoms with Crippen molar-refractivity contribution < 1.29 is 0 Å². The molecule has 1 aromatic heterocycles. The highest BCUT2D eigenvalue weighted by Crippen LogP contribution is 2.34. The first kappa shape index (κ1) is 15.1. The van der Waals surface area contributed by atoms with E-state index in [-0.39, 0.29) is 0 Å². The second-order valence-electron chi connectivity index (χ2n) is 5.90. The van der Waals surface area contributed by atoms with E-state index in [0.29, 0.717) is 6.04 Å². The summed E-state index contributed by atoms with van der Waals surface area (Å²) in [7, 11) is 0. The van der Waals surface area contributed by atoms with Crippen molar-refractivity contribution in [2.24, 2.45) is 5.92 Å². The summed E-state index contributed by atoms with van der Waals surface area (Å²) in [4.78, 5) is 3.10. The molecule has 0 bridgehead atoms. The highest BCUT2D eigenvalue weighted by atomic mass is 32.1. The molecule has 1 aromatic rings. The Morgan fingerprint density at radius 2 is 2.00 bits per heavy atom. The lowest BCUT2D eigenvalue weighted by Gasteiger charge is -2.26. The molecule has 2 rings (SSSR count). The lowest BCUT2D eigenvalue weighted by atomic mass is 9.84. The predicted octanol–water partition coefficient (Wildman–Crippen LogP) is 5.32. The number of hydrogen-bond donors (Lipinski definition) is 1. The molecule has 1 aliphatic carbocycles. The maximum absolute atomic E-state index is 3.78. The molecule has 2 heteroatoms. The van der Waals surface area contributed by atoms with Gasteiger partial charge >= 0.3 is 0 Å². The third-order valence-electron chi connectivity index (χ3n) is 4.31. The zero-order valence-corrected chi connectivity index (χ0v) is 13.4. The minimum absolute atomic E-state index is 0.605. The van der Waals surface area contributed by atoms with E-state index < -0.39 is 0 Å². The Bertz CT molecular complexity index is 352. The first-order chi connectivity index (χ1) is 9.33. The van der Waals surface area contributed by atoms with E-state index in [9.17, 15) is 0 Å². The molecule has 1 atom stereocenters. The van der Waals surface area contributed by atoms with Crippen molar-refractivity contribution in [3.63, 3.8) is 0 Å². The molecular formula is C17H29NS. The van der Waals surface area contributed by atoms with Gasteiger partial charge in [0.1, 0.15) is 0 Å². The summed E-state index contributed by atoms with van der Waals surface area (Å²) >= 11 is 2.02. The van der Waals surface area contributed by atoms with Crippen LogP contribution in [0.3, 0.4) is 0 Å². The average Bonchev–Trinajstić information content (AvgIpc) is 2.93. The zero-order chi connectivity index (χ0) is 13.5. The summed E-state index contributed by atoms with van der Waals surface area (Å²) in [6, 6.07) is 5.29. The molecule has 0 radical (unpaired) electrons. The van der Waals surface area contributed by atoms with Gasteiger partial charge in [0.05, 0.1) is 0 Å². The van der Waals surface area contributed by atoms with Crippen LogP contribution in [0.5, 0.6) is 0 Å². The molecule has 0 aliphatic heterocycles. The monoisotopic (exact) mass is 279 g/mol. The van der Waals surface area contributed by atoms with Crippen molar-refractivity contribution in [2.75, 3.05) is 6.54 Å². The Kier molecular flexibility index (Phi) is 6.39. The van der Waals surface area contributed by atoms with Gasteiger partial charge in [-0.3, -0.25) is 0 Å². The van der Waals surface area contributed by atoms with E-state index in [4.69, 9.17) is 0 Å². The van der Waals surface area contributed by atoms with E-state index in [2.05, 4.69) is 31.3 Å². The highest BCUT2D eigenvalue weighted by molar-refractivity contribution is 7.12. The molecule has 0 amide bonds. The standard InChI is InChI=1S/C17H29NS/c1-3-12-18-16(13-14-8-6-5-7-9-14)17-11-10-15(4-2)19-17/h10-11,14,16,18H,3-9,12-13H2,1-2H3. The molecular weight excluding hydrogens is 250 g/mol. The molecule has 1 nitrogen and oxygen atoms in total. The summed E-state index contributed by atoms with van der Waals surface area (Å²) in [5.74, 6) is 0.954. The summed E-state index contributed by atoms with van der Waals surface area (Å²) in [6.45, 7) is 5.67. The van der Waals surface area contributed by atoms with Crippen LogP contribution in [-0.4, -0.2) is 6.54 Å². The molecule has 108 valence electrons. The number of hydrogen-bond acceptors (Lipinski definition) is 2. The van der Waals surface area contributed by atoms with Gasteiger partial charge in [0, 0.05) is 15.8 Å².